The molecule has 0 aliphatic carbocycles. The van der Waals surface area contributed by atoms with Crippen molar-refractivity contribution in [1.82, 2.24) is 30.7 Å². The largest absolute Gasteiger partial charge is 0.477 e. The van der Waals surface area contributed by atoms with Crippen LogP contribution in [0.1, 0.15) is 26.7 Å². The highest BCUT2D eigenvalue weighted by Crippen LogP contribution is 2.51. The zero-order chi connectivity index (χ0) is 29.6. The molecule has 0 unspecified atom stereocenters. The standard InChI is InChI=1S/C25H36F2N6O6S/c1-10-17-16(11(2)30-21(34)20(26)27)24(37)33(17)18(25(38)39)19(10)40-13-7-15(29-9-13)23(36)32(5)12-6-14(28-8-12)22(35)31(3)4/h10-17,20,28-29H,6-9H2,1-5H3,(H,30,34)(H,38,39)/t10-,11-,12+,13+,14+,15+,16-,17-/m1/s1. The third kappa shape index (κ3) is 5.42. The van der Waals surface area contributed by atoms with Gasteiger partial charge in [0.15, 0.2) is 0 Å². The fourth-order valence-electron chi connectivity index (χ4n) is 6.17. The number of likely N-dealkylation sites (N-methyl/N-ethyl adjacent to an activating group) is 2. The van der Waals surface area contributed by atoms with E-state index in [0.717, 1.165) is 0 Å². The first-order valence-electron chi connectivity index (χ1n) is 13.2. The minimum absolute atomic E-state index is 0.0387. The molecule has 4 heterocycles. The lowest BCUT2D eigenvalue weighted by molar-refractivity contribution is -0.159. The maximum atomic E-state index is 13.3. The quantitative estimate of drug-likeness (QED) is 0.256. The number of hydrogen-bond acceptors (Lipinski definition) is 8. The van der Waals surface area contributed by atoms with Gasteiger partial charge in [0, 0.05) is 62.4 Å². The van der Waals surface area contributed by atoms with Crippen LogP contribution >= 0.6 is 11.8 Å². The molecule has 40 heavy (non-hydrogen) atoms. The number of alkyl halides is 2. The number of carbonyl (C=O) groups excluding carboxylic acids is 4. The Bertz CT molecular complexity index is 1120. The van der Waals surface area contributed by atoms with Gasteiger partial charge in [0.1, 0.15) is 5.70 Å². The zero-order valence-electron chi connectivity index (χ0n) is 23.0. The molecule has 3 fully saturated rings. The van der Waals surface area contributed by atoms with Crippen LogP contribution < -0.4 is 16.0 Å². The summed E-state index contributed by atoms with van der Waals surface area (Å²) in [6, 6.07) is -2.42. The Hall–Kier alpha value is -2.78. The number of nitrogens with one attached hydrogen (secondary N) is 3. The number of nitrogens with zero attached hydrogens (tertiary/aromatic N) is 3. The summed E-state index contributed by atoms with van der Waals surface area (Å²) in [4.78, 5) is 67.0. The second-order valence-corrected chi connectivity index (χ2v) is 12.4. The van der Waals surface area contributed by atoms with Crippen molar-refractivity contribution in [3.63, 3.8) is 0 Å². The third-order valence-corrected chi connectivity index (χ3v) is 9.83. The molecule has 4 aliphatic rings. The van der Waals surface area contributed by atoms with Crippen molar-refractivity contribution in [3.05, 3.63) is 10.6 Å². The smallest absolute Gasteiger partial charge is 0.353 e. The molecular formula is C25H36F2N6O6S. The third-order valence-electron chi connectivity index (χ3n) is 8.32. The summed E-state index contributed by atoms with van der Waals surface area (Å²) in [7, 11) is 5.09. The number of aliphatic carboxylic acids is 1. The Morgan fingerprint density at radius 1 is 1.07 bits per heavy atom. The van der Waals surface area contributed by atoms with Crippen LogP contribution in [0.3, 0.4) is 0 Å². The molecule has 12 nitrogen and oxygen atoms in total. The van der Waals surface area contributed by atoms with E-state index >= 15 is 0 Å². The molecule has 0 bridgehead atoms. The van der Waals surface area contributed by atoms with Crippen LogP contribution in [0.5, 0.6) is 0 Å². The van der Waals surface area contributed by atoms with Gasteiger partial charge in [-0.3, -0.25) is 19.2 Å². The molecular weight excluding hydrogens is 550 g/mol. The topological polar surface area (TPSA) is 151 Å². The van der Waals surface area contributed by atoms with Gasteiger partial charge >= 0.3 is 12.4 Å². The Balaban J connectivity index is 1.39. The van der Waals surface area contributed by atoms with E-state index in [1.807, 2.05) is 0 Å². The number of amides is 4. The number of thioether (sulfide) groups is 1. The van der Waals surface area contributed by atoms with Gasteiger partial charge in [-0.25, -0.2) is 4.79 Å². The Morgan fingerprint density at radius 2 is 1.70 bits per heavy atom. The Kier molecular flexibility index (Phi) is 8.76. The Morgan fingerprint density at radius 3 is 2.30 bits per heavy atom. The molecule has 3 saturated heterocycles. The van der Waals surface area contributed by atoms with Crippen molar-refractivity contribution in [2.24, 2.45) is 11.8 Å². The fraction of sp³-hybridized carbons (Fsp3) is 0.720. The van der Waals surface area contributed by atoms with Crippen LogP contribution in [0.4, 0.5) is 8.78 Å². The minimum Gasteiger partial charge on any atom is -0.477 e. The van der Waals surface area contributed by atoms with E-state index in [-0.39, 0.29) is 34.8 Å². The fourth-order valence-corrected chi connectivity index (χ4v) is 7.65. The number of β-lactam (4-membered cyclic amide) rings is 1. The number of halogens is 2. The molecule has 15 heteroatoms. The summed E-state index contributed by atoms with van der Waals surface area (Å²) in [5, 5.41) is 18.4. The monoisotopic (exact) mass is 586 g/mol. The van der Waals surface area contributed by atoms with E-state index in [2.05, 4.69) is 16.0 Å². The maximum absolute atomic E-state index is 13.3. The number of hydrogen-bond donors (Lipinski definition) is 4. The van der Waals surface area contributed by atoms with Crippen molar-refractivity contribution in [2.45, 2.75) is 68.6 Å². The van der Waals surface area contributed by atoms with Crippen molar-refractivity contribution >= 4 is 41.4 Å². The van der Waals surface area contributed by atoms with Gasteiger partial charge in [-0.05, 0) is 19.8 Å². The molecule has 4 N–H and O–H groups in total. The summed E-state index contributed by atoms with van der Waals surface area (Å²) >= 11 is 1.32. The molecule has 8 atom stereocenters. The molecule has 4 rings (SSSR count). The van der Waals surface area contributed by atoms with Gasteiger partial charge in [-0.1, -0.05) is 6.92 Å². The summed E-state index contributed by atoms with van der Waals surface area (Å²) in [5.41, 5.74) is -0.128. The van der Waals surface area contributed by atoms with Crippen LogP contribution in [0.2, 0.25) is 0 Å². The van der Waals surface area contributed by atoms with Gasteiger partial charge in [-0.2, -0.15) is 8.78 Å². The van der Waals surface area contributed by atoms with Crippen LogP contribution in [-0.2, 0) is 24.0 Å². The van der Waals surface area contributed by atoms with Crippen LogP contribution in [0.25, 0.3) is 0 Å². The van der Waals surface area contributed by atoms with Gasteiger partial charge in [-0.15, -0.1) is 11.8 Å². The SMILES string of the molecule is C[C@@H](NC(=O)C(F)F)[C@H]1C(=O)N2C(C(=O)O)=C(S[C@@H]3CN[C@H](C(=O)N(C)[C@@H]4CN[C@H](C(=O)N(C)C)C4)C3)[C@H](C)[C@H]12. The average molecular weight is 587 g/mol. The van der Waals surface area contributed by atoms with Gasteiger partial charge in [0.2, 0.25) is 17.7 Å². The first-order chi connectivity index (χ1) is 18.7. The zero-order valence-corrected chi connectivity index (χ0v) is 23.8. The number of carboxylic acid groups (broad SMARTS) is 1. The van der Waals surface area contributed by atoms with Crippen LogP contribution in [0, 0.1) is 11.8 Å². The molecule has 4 amide bonds. The first kappa shape index (κ1) is 30.2. The van der Waals surface area contributed by atoms with Crippen molar-refractivity contribution in [3.8, 4) is 0 Å². The lowest BCUT2D eigenvalue weighted by Crippen LogP contribution is -2.66. The number of fused-ring (bicyclic) bond motifs is 1. The van der Waals surface area contributed by atoms with E-state index in [1.54, 1.807) is 33.0 Å². The minimum atomic E-state index is -3.22. The number of carboxylic acids is 1. The highest BCUT2D eigenvalue weighted by atomic mass is 32.2. The lowest BCUT2D eigenvalue weighted by atomic mass is 9.78. The molecule has 0 spiro atoms. The van der Waals surface area contributed by atoms with E-state index < -0.39 is 54.2 Å². The lowest BCUT2D eigenvalue weighted by Gasteiger charge is -2.47. The molecule has 222 valence electrons. The molecule has 0 aromatic rings. The van der Waals surface area contributed by atoms with E-state index in [4.69, 9.17) is 0 Å². The first-order valence-corrected chi connectivity index (χ1v) is 14.1. The van der Waals surface area contributed by atoms with Gasteiger partial charge in [0.25, 0.3) is 5.91 Å². The summed E-state index contributed by atoms with van der Waals surface area (Å²) in [6.45, 7) is 4.21. The van der Waals surface area contributed by atoms with Crippen molar-refractivity contribution < 1.29 is 37.9 Å². The molecule has 0 aromatic carbocycles. The average Bonchev–Trinajstić information content (AvgIpc) is 3.61. The maximum Gasteiger partial charge on any atom is 0.353 e. The number of carbonyl (C=O) groups is 5. The van der Waals surface area contributed by atoms with Gasteiger partial charge < -0.3 is 35.8 Å². The molecule has 0 radical (unpaired) electrons. The second-order valence-electron chi connectivity index (χ2n) is 11.1. The van der Waals surface area contributed by atoms with Gasteiger partial charge in [0.05, 0.1) is 24.0 Å². The van der Waals surface area contributed by atoms with Crippen molar-refractivity contribution in [1.29, 1.82) is 0 Å². The normalized spacial score (nSPS) is 32.1. The highest BCUT2D eigenvalue weighted by molar-refractivity contribution is 8.03. The van der Waals surface area contributed by atoms with Crippen molar-refractivity contribution in [2.75, 3.05) is 34.2 Å². The highest BCUT2D eigenvalue weighted by Gasteiger charge is 2.60. The van der Waals surface area contributed by atoms with E-state index in [9.17, 15) is 37.9 Å². The van der Waals surface area contributed by atoms with Crippen LogP contribution in [-0.4, -0.2) is 126 Å². The molecule has 0 saturated carbocycles. The Labute approximate surface area is 235 Å². The number of rotatable bonds is 9. The molecule has 0 aromatic heterocycles. The predicted octanol–water partition coefficient (Wildman–Crippen LogP) is -0.730. The summed E-state index contributed by atoms with van der Waals surface area (Å²) in [6.07, 6.45) is -2.26. The van der Waals surface area contributed by atoms with E-state index in [1.165, 1.54) is 28.5 Å². The van der Waals surface area contributed by atoms with Crippen LogP contribution in [0.15, 0.2) is 10.6 Å². The summed E-state index contributed by atoms with van der Waals surface area (Å²) in [5.74, 6) is -4.62. The van der Waals surface area contributed by atoms with E-state index in [0.29, 0.717) is 30.8 Å². The molecule has 4 aliphatic heterocycles. The second kappa shape index (κ2) is 11.6. The predicted molar refractivity (Wildman–Crippen MR) is 141 cm³/mol. The summed E-state index contributed by atoms with van der Waals surface area (Å²) < 4.78 is 25.5.